The van der Waals surface area contributed by atoms with Gasteiger partial charge in [-0.1, -0.05) is 12.1 Å². The first-order valence-electron chi connectivity index (χ1n) is 8.95. The van der Waals surface area contributed by atoms with Crippen molar-refractivity contribution in [3.05, 3.63) is 59.7 Å². The Bertz CT molecular complexity index is 763. The highest BCUT2D eigenvalue weighted by Gasteiger charge is 2.13. The van der Waals surface area contributed by atoms with Crippen LogP contribution >= 0.6 is 0 Å². The van der Waals surface area contributed by atoms with E-state index in [2.05, 4.69) is 25.5 Å². The fraction of sp³-hybridized carbons (Fsp3) is 0.368. The largest absolute Gasteiger partial charge is 0.379 e. The van der Waals surface area contributed by atoms with Crippen LogP contribution in [-0.2, 0) is 11.3 Å². The summed E-state index contributed by atoms with van der Waals surface area (Å²) >= 11 is 0. The predicted octanol–water partition coefficient (Wildman–Crippen LogP) is 0.469. The zero-order valence-electron chi connectivity index (χ0n) is 15.1. The van der Waals surface area contributed by atoms with Crippen molar-refractivity contribution in [1.82, 2.24) is 25.5 Å². The van der Waals surface area contributed by atoms with Crippen LogP contribution in [0.2, 0.25) is 0 Å². The number of morpholine rings is 1. The highest BCUT2D eigenvalue weighted by Crippen LogP contribution is 2.02. The Labute approximate surface area is 158 Å². The summed E-state index contributed by atoms with van der Waals surface area (Å²) in [7, 11) is 0. The number of carbonyl (C=O) groups excluding carboxylic acids is 2. The second-order valence-corrected chi connectivity index (χ2v) is 6.16. The van der Waals surface area contributed by atoms with Crippen molar-refractivity contribution in [2.75, 3.05) is 39.4 Å². The highest BCUT2D eigenvalue weighted by atomic mass is 16.5. The van der Waals surface area contributed by atoms with Crippen molar-refractivity contribution in [2.45, 2.75) is 6.54 Å². The molecule has 0 saturated carbocycles. The molecule has 3 heterocycles. The van der Waals surface area contributed by atoms with Crippen molar-refractivity contribution in [1.29, 1.82) is 0 Å². The molecule has 2 amide bonds. The molecule has 1 aliphatic rings. The van der Waals surface area contributed by atoms with E-state index >= 15 is 0 Å². The average molecular weight is 369 g/mol. The molecule has 0 radical (unpaired) electrons. The number of nitrogens with zero attached hydrogens (tertiary/aromatic N) is 3. The molecule has 8 nitrogen and oxygen atoms in total. The second-order valence-electron chi connectivity index (χ2n) is 6.16. The molecule has 2 aromatic rings. The van der Waals surface area contributed by atoms with E-state index in [1.54, 1.807) is 30.6 Å². The topological polar surface area (TPSA) is 96.5 Å². The van der Waals surface area contributed by atoms with Crippen molar-refractivity contribution >= 4 is 11.8 Å². The lowest BCUT2D eigenvalue weighted by molar-refractivity contribution is 0.0383. The van der Waals surface area contributed by atoms with Crippen LogP contribution in [0.1, 0.15) is 26.5 Å². The Hall–Kier alpha value is -2.84. The lowest BCUT2D eigenvalue weighted by Gasteiger charge is -2.26. The quantitative estimate of drug-likeness (QED) is 0.736. The molecule has 2 aromatic heterocycles. The molecule has 3 rings (SSSR count). The van der Waals surface area contributed by atoms with Gasteiger partial charge in [-0.3, -0.25) is 19.5 Å². The minimum absolute atomic E-state index is 0.208. The molecule has 0 atom stereocenters. The first-order chi connectivity index (χ1) is 13.2. The second kappa shape index (κ2) is 9.75. The monoisotopic (exact) mass is 369 g/mol. The first kappa shape index (κ1) is 18.9. The minimum Gasteiger partial charge on any atom is -0.379 e. The van der Waals surface area contributed by atoms with Gasteiger partial charge in [0.05, 0.1) is 13.2 Å². The third kappa shape index (κ3) is 5.83. The fourth-order valence-corrected chi connectivity index (χ4v) is 2.71. The normalized spacial score (nSPS) is 14.5. The number of pyridine rings is 2. The summed E-state index contributed by atoms with van der Waals surface area (Å²) < 4.78 is 5.30. The van der Waals surface area contributed by atoms with Crippen LogP contribution in [0.25, 0.3) is 0 Å². The standard InChI is InChI=1S/C19H23N5O3/c25-18(21-7-8-24-9-11-27-12-10-24)16-4-1-5-17(23-16)19(26)22-14-15-3-2-6-20-13-15/h1-6,13H,7-12,14H2,(H,21,25)(H,22,26). The summed E-state index contributed by atoms with van der Waals surface area (Å²) in [6.07, 6.45) is 3.36. The van der Waals surface area contributed by atoms with Gasteiger partial charge in [0.15, 0.2) is 0 Å². The average Bonchev–Trinajstić information content (AvgIpc) is 2.73. The maximum Gasteiger partial charge on any atom is 0.270 e. The summed E-state index contributed by atoms with van der Waals surface area (Å²) in [5.41, 5.74) is 1.33. The van der Waals surface area contributed by atoms with Gasteiger partial charge in [0, 0.05) is 45.1 Å². The zero-order valence-corrected chi connectivity index (χ0v) is 15.1. The number of hydrogen-bond acceptors (Lipinski definition) is 6. The van der Waals surface area contributed by atoms with Gasteiger partial charge in [-0.15, -0.1) is 0 Å². The van der Waals surface area contributed by atoms with E-state index in [0.29, 0.717) is 13.1 Å². The van der Waals surface area contributed by atoms with Gasteiger partial charge < -0.3 is 15.4 Å². The van der Waals surface area contributed by atoms with Crippen LogP contribution in [0.15, 0.2) is 42.7 Å². The van der Waals surface area contributed by atoms with Gasteiger partial charge in [0.1, 0.15) is 11.4 Å². The van der Waals surface area contributed by atoms with E-state index in [0.717, 1.165) is 38.4 Å². The molecule has 2 N–H and O–H groups in total. The van der Waals surface area contributed by atoms with Crippen molar-refractivity contribution < 1.29 is 14.3 Å². The molecule has 8 heteroatoms. The van der Waals surface area contributed by atoms with Crippen molar-refractivity contribution in [3.63, 3.8) is 0 Å². The zero-order chi connectivity index (χ0) is 18.9. The number of hydrogen-bond donors (Lipinski definition) is 2. The Morgan fingerprint density at radius 2 is 1.78 bits per heavy atom. The third-order valence-corrected chi connectivity index (χ3v) is 4.21. The van der Waals surface area contributed by atoms with Crippen LogP contribution in [0, 0.1) is 0 Å². The van der Waals surface area contributed by atoms with Crippen LogP contribution in [0.4, 0.5) is 0 Å². The predicted molar refractivity (Wildman–Crippen MR) is 99.2 cm³/mol. The van der Waals surface area contributed by atoms with E-state index in [-0.39, 0.29) is 23.2 Å². The summed E-state index contributed by atoms with van der Waals surface area (Å²) in [6.45, 7) is 4.85. The van der Waals surface area contributed by atoms with Crippen LogP contribution in [0.3, 0.4) is 0 Å². The number of amides is 2. The summed E-state index contributed by atoms with van der Waals surface area (Å²) in [6, 6.07) is 8.52. The Morgan fingerprint density at radius 1 is 1.04 bits per heavy atom. The summed E-state index contributed by atoms with van der Waals surface area (Å²) in [5, 5.41) is 5.62. The van der Waals surface area contributed by atoms with Gasteiger partial charge in [0.25, 0.3) is 11.8 Å². The molecule has 0 bridgehead atoms. The van der Waals surface area contributed by atoms with Gasteiger partial charge in [-0.25, -0.2) is 4.98 Å². The number of rotatable bonds is 7. The number of nitrogens with one attached hydrogen (secondary N) is 2. The molecule has 142 valence electrons. The molecular weight excluding hydrogens is 346 g/mol. The van der Waals surface area contributed by atoms with Gasteiger partial charge in [-0.2, -0.15) is 0 Å². The molecule has 1 fully saturated rings. The third-order valence-electron chi connectivity index (χ3n) is 4.21. The Balaban J connectivity index is 1.49. The highest BCUT2D eigenvalue weighted by molar-refractivity contribution is 5.96. The van der Waals surface area contributed by atoms with E-state index in [9.17, 15) is 9.59 Å². The lowest BCUT2D eigenvalue weighted by atomic mass is 10.2. The number of aromatic nitrogens is 2. The minimum atomic E-state index is -0.332. The number of ether oxygens (including phenoxy) is 1. The van der Waals surface area contributed by atoms with Crippen molar-refractivity contribution in [3.8, 4) is 0 Å². The maximum atomic E-state index is 12.3. The summed E-state index contributed by atoms with van der Waals surface area (Å²) in [5.74, 6) is -0.619. The Kier molecular flexibility index (Phi) is 6.84. The molecule has 1 saturated heterocycles. The van der Waals surface area contributed by atoms with E-state index in [1.807, 2.05) is 12.1 Å². The van der Waals surface area contributed by atoms with Gasteiger partial charge in [-0.05, 0) is 23.8 Å². The molecule has 0 spiro atoms. The van der Waals surface area contributed by atoms with Gasteiger partial charge in [0.2, 0.25) is 0 Å². The smallest absolute Gasteiger partial charge is 0.270 e. The molecule has 0 unspecified atom stereocenters. The first-order valence-corrected chi connectivity index (χ1v) is 8.95. The SMILES string of the molecule is O=C(NCCN1CCOCC1)c1cccc(C(=O)NCc2cccnc2)n1. The van der Waals surface area contributed by atoms with E-state index < -0.39 is 0 Å². The van der Waals surface area contributed by atoms with Gasteiger partial charge >= 0.3 is 0 Å². The van der Waals surface area contributed by atoms with Crippen molar-refractivity contribution in [2.24, 2.45) is 0 Å². The summed E-state index contributed by atoms with van der Waals surface area (Å²) in [4.78, 5) is 35.0. The van der Waals surface area contributed by atoms with Crippen LogP contribution < -0.4 is 10.6 Å². The van der Waals surface area contributed by atoms with E-state index in [4.69, 9.17) is 4.74 Å². The molecule has 0 aliphatic carbocycles. The Morgan fingerprint density at radius 3 is 2.48 bits per heavy atom. The molecule has 1 aliphatic heterocycles. The molecule has 0 aromatic carbocycles. The maximum absolute atomic E-state index is 12.3. The molecular formula is C19H23N5O3. The molecule has 27 heavy (non-hydrogen) atoms. The number of carbonyl (C=O) groups is 2. The fourth-order valence-electron chi connectivity index (χ4n) is 2.71. The lowest BCUT2D eigenvalue weighted by Crippen LogP contribution is -2.41. The van der Waals surface area contributed by atoms with Crippen LogP contribution in [0.5, 0.6) is 0 Å². The van der Waals surface area contributed by atoms with Crippen LogP contribution in [-0.4, -0.2) is 66.1 Å². The van der Waals surface area contributed by atoms with E-state index in [1.165, 1.54) is 0 Å².